The fourth-order valence-electron chi connectivity index (χ4n) is 5.16. The summed E-state index contributed by atoms with van der Waals surface area (Å²) in [5.41, 5.74) is 0.509. The quantitative estimate of drug-likeness (QED) is 0.244. The van der Waals surface area contributed by atoms with Gasteiger partial charge in [0.25, 0.3) is 0 Å². The van der Waals surface area contributed by atoms with Crippen LogP contribution in [0.3, 0.4) is 0 Å². The van der Waals surface area contributed by atoms with Crippen LogP contribution in [0.5, 0.6) is 0 Å². The molecule has 0 aliphatic rings. The molecular weight excluding hydrogens is 683 g/mol. The van der Waals surface area contributed by atoms with Crippen LogP contribution in [-0.2, 0) is 14.4 Å². The monoisotopic (exact) mass is 714 g/mol. The molecule has 1 heterocycles. The van der Waals surface area contributed by atoms with Crippen LogP contribution in [0.1, 0.15) is 16.7 Å². The summed E-state index contributed by atoms with van der Waals surface area (Å²) in [5, 5.41) is 0. The Bertz CT molecular complexity index is 1860. The minimum Gasteiger partial charge on any atom is -0.314 e. The first-order chi connectivity index (χ1) is 22.7. The van der Waals surface area contributed by atoms with Crippen LogP contribution in [-0.4, -0.2) is 70.2 Å². The molecule has 0 spiro atoms. The Labute approximate surface area is 290 Å². The van der Waals surface area contributed by atoms with Crippen LogP contribution in [0, 0.1) is 20.8 Å². The average molecular weight is 716 g/mol. The summed E-state index contributed by atoms with van der Waals surface area (Å²) in [6.07, 6.45) is 0. The van der Waals surface area contributed by atoms with Crippen LogP contribution < -0.4 is 31.8 Å². The number of halogens is 3. The number of anilines is 3. The predicted octanol–water partition coefficient (Wildman–Crippen LogP) is 3.67. The molecule has 0 bridgehead atoms. The van der Waals surface area contributed by atoms with Gasteiger partial charge in [-0.25, -0.2) is 28.1 Å². The number of aromatic nitrogens is 3. The molecule has 252 valence electrons. The summed E-state index contributed by atoms with van der Waals surface area (Å²) < 4.78 is 2.66. The molecule has 12 nitrogen and oxygen atoms in total. The number of rotatable bonds is 9. The van der Waals surface area contributed by atoms with Gasteiger partial charge in [-0.3, -0.25) is 14.4 Å². The van der Waals surface area contributed by atoms with E-state index in [9.17, 15) is 28.8 Å². The number of amides is 3. The van der Waals surface area contributed by atoms with Crippen molar-refractivity contribution in [3.63, 3.8) is 0 Å². The van der Waals surface area contributed by atoms with Crippen molar-refractivity contribution in [2.45, 2.75) is 20.8 Å². The molecule has 0 atom stereocenters. The Morgan fingerprint density at radius 1 is 0.500 bits per heavy atom. The zero-order valence-electron chi connectivity index (χ0n) is 27.1. The highest BCUT2D eigenvalue weighted by Crippen LogP contribution is 2.24. The number of hydrogen-bond acceptors (Lipinski definition) is 6. The number of benzene rings is 3. The second-order valence-electron chi connectivity index (χ2n) is 11.0. The predicted molar refractivity (Wildman–Crippen MR) is 190 cm³/mol. The van der Waals surface area contributed by atoms with Crippen molar-refractivity contribution in [1.82, 2.24) is 13.7 Å². The number of carbonyl (C=O) groups is 3. The van der Waals surface area contributed by atoms with Crippen molar-refractivity contribution in [2.75, 3.05) is 53.5 Å². The maximum Gasteiger partial charge on any atom is 0.345 e. The van der Waals surface area contributed by atoms with E-state index < -0.39 is 17.1 Å². The Balaban J connectivity index is 2.06. The van der Waals surface area contributed by atoms with Gasteiger partial charge in [-0.05, 0) is 92.1 Å². The molecule has 3 amide bonds. The molecule has 15 heteroatoms. The number of nitrogens with zero attached hydrogens (tertiary/aromatic N) is 6. The van der Waals surface area contributed by atoms with E-state index in [1.807, 2.05) is 0 Å². The van der Waals surface area contributed by atoms with E-state index in [1.165, 1.54) is 32.9 Å². The van der Waals surface area contributed by atoms with Gasteiger partial charge in [0.15, 0.2) is 0 Å². The topological polar surface area (TPSA) is 127 Å². The second-order valence-corrected chi connectivity index (χ2v) is 11.8. The highest BCUT2D eigenvalue weighted by molar-refractivity contribution is 6.30. The van der Waals surface area contributed by atoms with Crippen molar-refractivity contribution >= 4 is 69.6 Å². The van der Waals surface area contributed by atoms with Gasteiger partial charge in [0.2, 0.25) is 17.7 Å². The van der Waals surface area contributed by atoms with Crippen LogP contribution in [0.2, 0.25) is 0 Å². The van der Waals surface area contributed by atoms with E-state index in [0.29, 0.717) is 33.8 Å². The van der Waals surface area contributed by atoms with Crippen molar-refractivity contribution in [1.29, 1.82) is 0 Å². The molecule has 1 aromatic heterocycles. The lowest BCUT2D eigenvalue weighted by atomic mass is 10.1. The van der Waals surface area contributed by atoms with Gasteiger partial charge in [-0.1, -0.05) is 0 Å². The SMILES string of the molecule is Cc1cc(N(C)C(=O)CCl)ccc1-n1c(=O)n(-c2ccc(N(C)C(=O)CCl)cc2C)c(=O)n(-c2ccc(N(C)C(=O)CCl)cc2C)c1=O. The van der Waals surface area contributed by atoms with Gasteiger partial charge in [-0.2, -0.15) is 0 Å². The van der Waals surface area contributed by atoms with Gasteiger partial charge in [0.1, 0.15) is 17.6 Å². The molecule has 0 aliphatic heterocycles. The van der Waals surface area contributed by atoms with Gasteiger partial charge in [-0.15, -0.1) is 34.8 Å². The minimum absolute atomic E-state index is 0.173. The lowest BCUT2D eigenvalue weighted by molar-refractivity contribution is -0.116. The minimum atomic E-state index is -0.940. The largest absolute Gasteiger partial charge is 0.345 e. The summed E-state index contributed by atoms with van der Waals surface area (Å²) >= 11 is 17.2. The standard InChI is InChI=1S/C33H33Cl3N6O6/c1-19-13-22(37(4)28(43)16-34)7-10-25(19)40-31(46)41(26-11-8-23(14-20(26)2)38(5)29(44)17-35)33(48)42(32(40)47)27-12-9-24(15-21(27)3)39(6)30(45)18-36/h7-15H,16-18H2,1-6H3. The highest BCUT2D eigenvalue weighted by Gasteiger charge is 2.24. The van der Waals surface area contributed by atoms with E-state index in [2.05, 4.69) is 0 Å². The number of carbonyl (C=O) groups excluding carboxylic acids is 3. The smallest absolute Gasteiger partial charge is 0.314 e. The summed E-state index contributed by atoms with van der Waals surface area (Å²) in [4.78, 5) is 83.5. The molecule has 4 aromatic rings. The molecule has 0 unspecified atom stereocenters. The van der Waals surface area contributed by atoms with Crippen molar-refractivity contribution in [2.24, 2.45) is 0 Å². The summed E-state index contributed by atoms with van der Waals surface area (Å²) in [7, 11) is 4.65. The third kappa shape index (κ3) is 6.69. The molecular formula is C33H33Cl3N6O6. The van der Waals surface area contributed by atoms with Gasteiger partial charge in [0, 0.05) is 38.2 Å². The molecule has 48 heavy (non-hydrogen) atoms. The fraction of sp³-hybridized carbons (Fsp3) is 0.273. The Kier molecular flexibility index (Phi) is 11.0. The highest BCUT2D eigenvalue weighted by atomic mass is 35.5. The summed E-state index contributed by atoms with van der Waals surface area (Å²) in [5.74, 6) is -1.79. The third-order valence-corrected chi connectivity index (χ3v) is 8.72. The van der Waals surface area contributed by atoms with E-state index >= 15 is 0 Å². The lowest BCUT2D eigenvalue weighted by Gasteiger charge is -2.21. The maximum absolute atomic E-state index is 14.3. The molecule has 0 saturated heterocycles. The summed E-state index contributed by atoms with van der Waals surface area (Å²) in [6, 6.07) is 14.1. The maximum atomic E-state index is 14.3. The molecule has 4 rings (SSSR count). The van der Waals surface area contributed by atoms with Gasteiger partial charge in [0.05, 0.1) is 17.1 Å². The molecule has 0 saturated carbocycles. The van der Waals surface area contributed by atoms with Crippen molar-refractivity contribution < 1.29 is 14.4 Å². The second kappa shape index (κ2) is 14.6. The van der Waals surface area contributed by atoms with Crippen molar-refractivity contribution in [3.05, 3.63) is 103 Å². The zero-order chi connectivity index (χ0) is 35.6. The van der Waals surface area contributed by atoms with Crippen molar-refractivity contribution in [3.8, 4) is 17.1 Å². The van der Waals surface area contributed by atoms with Gasteiger partial charge < -0.3 is 14.7 Å². The van der Waals surface area contributed by atoms with E-state index in [0.717, 1.165) is 13.7 Å². The first-order valence-electron chi connectivity index (χ1n) is 14.5. The molecule has 0 N–H and O–H groups in total. The number of hydrogen-bond donors (Lipinski definition) is 0. The van der Waals surface area contributed by atoms with Crippen LogP contribution in [0.25, 0.3) is 17.1 Å². The normalized spacial score (nSPS) is 10.9. The Morgan fingerprint density at radius 2 is 0.729 bits per heavy atom. The first-order valence-corrected chi connectivity index (χ1v) is 16.1. The lowest BCUT2D eigenvalue weighted by Crippen LogP contribution is -2.53. The van der Waals surface area contributed by atoms with E-state index in [4.69, 9.17) is 34.8 Å². The van der Waals surface area contributed by atoms with Crippen LogP contribution in [0.4, 0.5) is 17.1 Å². The number of alkyl halides is 3. The zero-order valence-corrected chi connectivity index (χ0v) is 29.4. The van der Waals surface area contributed by atoms with E-state index in [1.54, 1.807) is 78.3 Å². The Morgan fingerprint density at radius 3 is 0.917 bits per heavy atom. The molecule has 3 aromatic carbocycles. The molecule has 0 aliphatic carbocycles. The number of aryl methyl sites for hydroxylation is 3. The first kappa shape index (κ1) is 36.2. The molecule has 0 fully saturated rings. The summed E-state index contributed by atoms with van der Waals surface area (Å²) in [6.45, 7) is 4.99. The fourth-order valence-corrected chi connectivity index (χ4v) is 5.70. The average Bonchev–Trinajstić information content (AvgIpc) is 3.07. The van der Waals surface area contributed by atoms with E-state index in [-0.39, 0.29) is 52.4 Å². The van der Waals surface area contributed by atoms with Gasteiger partial charge >= 0.3 is 17.1 Å². The molecule has 0 radical (unpaired) electrons. The van der Waals surface area contributed by atoms with Crippen LogP contribution >= 0.6 is 34.8 Å². The van der Waals surface area contributed by atoms with Crippen LogP contribution in [0.15, 0.2) is 69.0 Å². The Hall–Kier alpha value is -4.65. The third-order valence-electron chi connectivity index (χ3n) is 8.04.